The Morgan fingerprint density at radius 2 is 1.75 bits per heavy atom. The van der Waals surface area contributed by atoms with Crippen molar-refractivity contribution in [2.45, 2.75) is 50.6 Å². The monoisotopic (exact) mass is 484 g/mol. The lowest BCUT2D eigenvalue weighted by molar-refractivity contribution is 0.0697. The van der Waals surface area contributed by atoms with Crippen LogP contribution in [0.5, 0.6) is 5.75 Å². The molecule has 3 aromatic rings. The lowest BCUT2D eigenvalue weighted by atomic mass is 9.94. The van der Waals surface area contributed by atoms with E-state index in [0.29, 0.717) is 18.2 Å². The summed E-state index contributed by atoms with van der Waals surface area (Å²) in [7, 11) is 0. The minimum absolute atomic E-state index is 0.299. The maximum Gasteiger partial charge on any atom is 0.335 e. The molecule has 1 unspecified atom stereocenters. The number of benzene rings is 3. The summed E-state index contributed by atoms with van der Waals surface area (Å²) in [6.45, 7) is 3.52. The number of fused-ring (bicyclic) bond motifs is 1. The first-order valence-corrected chi connectivity index (χ1v) is 13.3. The third kappa shape index (κ3) is 6.15. The van der Waals surface area contributed by atoms with Gasteiger partial charge in [0.15, 0.2) is 0 Å². The van der Waals surface area contributed by atoms with Gasteiger partial charge in [-0.15, -0.1) is 0 Å². The van der Waals surface area contributed by atoms with E-state index in [2.05, 4.69) is 34.5 Å². The number of nitrogens with one attached hydrogen (secondary N) is 1. The summed E-state index contributed by atoms with van der Waals surface area (Å²) < 4.78 is 6.33. The first-order valence-electron chi connectivity index (χ1n) is 13.3. The Bertz CT molecular complexity index is 1190. The normalized spacial score (nSPS) is 19.6. The molecule has 36 heavy (non-hydrogen) atoms. The van der Waals surface area contributed by atoms with Gasteiger partial charge in [0.2, 0.25) is 0 Å². The van der Waals surface area contributed by atoms with Gasteiger partial charge in [-0.1, -0.05) is 73.9 Å². The topological polar surface area (TPSA) is 61.8 Å². The second-order valence-corrected chi connectivity index (χ2v) is 10.1. The largest absolute Gasteiger partial charge is 0.489 e. The van der Waals surface area contributed by atoms with Gasteiger partial charge in [-0.25, -0.2) is 4.79 Å². The molecule has 5 nitrogen and oxygen atoms in total. The Kier molecular flexibility index (Phi) is 7.99. The summed E-state index contributed by atoms with van der Waals surface area (Å²) in [5.41, 5.74) is 2.42. The Morgan fingerprint density at radius 1 is 0.972 bits per heavy atom. The fourth-order valence-electron chi connectivity index (χ4n) is 5.60. The Labute approximate surface area is 213 Å². The zero-order valence-electron chi connectivity index (χ0n) is 20.9. The molecule has 0 radical (unpaired) electrons. The van der Waals surface area contributed by atoms with Gasteiger partial charge in [0.25, 0.3) is 0 Å². The SMILES string of the molecule is O=C(O)c1ccc(C=C(CNC2CCN(C3CCCCC3)C2)COc2cccc3ccccc23)cc1. The maximum atomic E-state index is 11.2. The van der Waals surface area contributed by atoms with E-state index in [4.69, 9.17) is 4.74 Å². The third-order valence-electron chi connectivity index (χ3n) is 7.62. The van der Waals surface area contributed by atoms with Crippen LogP contribution in [0.3, 0.4) is 0 Å². The van der Waals surface area contributed by atoms with Crippen LogP contribution in [0.15, 0.2) is 72.3 Å². The molecule has 1 aliphatic heterocycles. The fourth-order valence-corrected chi connectivity index (χ4v) is 5.60. The molecule has 3 aromatic carbocycles. The summed E-state index contributed by atoms with van der Waals surface area (Å²) in [6.07, 6.45) is 10.1. The van der Waals surface area contributed by atoms with Crippen LogP contribution in [0.1, 0.15) is 54.4 Å². The zero-order valence-corrected chi connectivity index (χ0v) is 20.9. The molecule has 0 aromatic heterocycles. The van der Waals surface area contributed by atoms with E-state index in [-0.39, 0.29) is 0 Å². The number of ether oxygens (including phenoxy) is 1. The van der Waals surface area contributed by atoms with Gasteiger partial charge in [-0.05, 0) is 54.0 Å². The number of carboxylic acid groups (broad SMARTS) is 1. The van der Waals surface area contributed by atoms with Crippen LogP contribution in [0, 0.1) is 0 Å². The van der Waals surface area contributed by atoms with Crippen LogP contribution in [0.4, 0.5) is 0 Å². The smallest absolute Gasteiger partial charge is 0.335 e. The minimum atomic E-state index is -0.907. The standard InChI is InChI=1S/C31H36N2O3/c34-31(35)26-15-13-23(14-16-26)19-24(22-36-30-12-6-8-25-7-4-5-11-29(25)30)20-32-27-17-18-33(21-27)28-9-2-1-3-10-28/h4-8,11-16,19,27-28,32H,1-3,9-10,17-18,20-22H2,(H,34,35). The highest BCUT2D eigenvalue weighted by molar-refractivity contribution is 5.88. The Hall–Kier alpha value is -3.15. The first-order chi connectivity index (χ1) is 17.7. The molecule has 1 aliphatic carbocycles. The van der Waals surface area contributed by atoms with E-state index in [0.717, 1.165) is 46.8 Å². The van der Waals surface area contributed by atoms with Crippen molar-refractivity contribution in [3.05, 3.63) is 83.4 Å². The van der Waals surface area contributed by atoms with Crippen LogP contribution in [-0.2, 0) is 0 Å². The maximum absolute atomic E-state index is 11.2. The molecule has 2 fully saturated rings. The highest BCUT2D eigenvalue weighted by atomic mass is 16.5. The molecular weight excluding hydrogens is 448 g/mol. The number of hydrogen-bond acceptors (Lipinski definition) is 4. The van der Waals surface area contributed by atoms with Crippen molar-refractivity contribution in [3.63, 3.8) is 0 Å². The second-order valence-electron chi connectivity index (χ2n) is 10.1. The quantitative estimate of drug-likeness (QED) is 0.390. The summed E-state index contributed by atoms with van der Waals surface area (Å²) >= 11 is 0. The summed E-state index contributed by atoms with van der Waals surface area (Å²) in [5, 5.41) is 15.3. The molecule has 188 valence electrons. The van der Waals surface area contributed by atoms with E-state index < -0.39 is 5.97 Å². The Balaban J connectivity index is 1.27. The zero-order chi connectivity index (χ0) is 24.7. The van der Waals surface area contributed by atoms with E-state index in [1.165, 1.54) is 45.1 Å². The highest BCUT2D eigenvalue weighted by Crippen LogP contribution is 2.27. The molecule has 1 saturated carbocycles. The molecule has 5 rings (SSSR count). The van der Waals surface area contributed by atoms with Crippen molar-refractivity contribution >= 4 is 22.8 Å². The number of carboxylic acids is 1. The molecule has 0 spiro atoms. The van der Waals surface area contributed by atoms with Crippen molar-refractivity contribution in [2.24, 2.45) is 0 Å². The summed E-state index contributed by atoms with van der Waals surface area (Å²) in [5.74, 6) is -0.0278. The fraction of sp³-hybridized carbons (Fsp3) is 0.387. The van der Waals surface area contributed by atoms with Crippen molar-refractivity contribution in [2.75, 3.05) is 26.2 Å². The van der Waals surface area contributed by atoms with Crippen LogP contribution in [0.25, 0.3) is 16.8 Å². The molecule has 1 saturated heterocycles. The molecule has 0 bridgehead atoms. The van der Waals surface area contributed by atoms with E-state index in [1.54, 1.807) is 12.1 Å². The van der Waals surface area contributed by atoms with Gasteiger partial charge in [-0.2, -0.15) is 0 Å². The lowest BCUT2D eigenvalue weighted by Gasteiger charge is -2.31. The minimum Gasteiger partial charge on any atom is -0.489 e. The number of aromatic carboxylic acids is 1. The van der Waals surface area contributed by atoms with E-state index in [9.17, 15) is 9.90 Å². The lowest BCUT2D eigenvalue weighted by Crippen LogP contribution is -2.39. The number of rotatable bonds is 9. The highest BCUT2D eigenvalue weighted by Gasteiger charge is 2.28. The average Bonchev–Trinajstić information content (AvgIpc) is 3.40. The van der Waals surface area contributed by atoms with E-state index >= 15 is 0 Å². The number of nitrogens with zero attached hydrogens (tertiary/aromatic N) is 1. The summed E-state index contributed by atoms with van der Waals surface area (Å²) in [4.78, 5) is 13.9. The molecule has 0 amide bonds. The second kappa shape index (κ2) is 11.7. The molecule has 5 heteroatoms. The third-order valence-corrected chi connectivity index (χ3v) is 7.62. The van der Waals surface area contributed by atoms with Gasteiger partial charge >= 0.3 is 5.97 Å². The Morgan fingerprint density at radius 3 is 2.56 bits per heavy atom. The molecule has 1 atom stereocenters. The molecule has 2 aliphatic rings. The number of hydrogen-bond donors (Lipinski definition) is 2. The van der Waals surface area contributed by atoms with Crippen LogP contribution in [0.2, 0.25) is 0 Å². The van der Waals surface area contributed by atoms with Crippen molar-refractivity contribution in [1.29, 1.82) is 0 Å². The summed E-state index contributed by atoms with van der Waals surface area (Å²) in [6, 6.07) is 22.7. The van der Waals surface area contributed by atoms with Crippen molar-refractivity contribution in [1.82, 2.24) is 10.2 Å². The van der Waals surface area contributed by atoms with Gasteiger partial charge in [0, 0.05) is 37.1 Å². The van der Waals surface area contributed by atoms with Crippen molar-refractivity contribution in [3.8, 4) is 5.75 Å². The molecule has 1 heterocycles. The molecule has 2 N–H and O–H groups in total. The van der Waals surface area contributed by atoms with Crippen LogP contribution >= 0.6 is 0 Å². The number of carbonyl (C=O) groups is 1. The van der Waals surface area contributed by atoms with Gasteiger partial charge in [0.1, 0.15) is 12.4 Å². The van der Waals surface area contributed by atoms with Crippen molar-refractivity contribution < 1.29 is 14.6 Å². The van der Waals surface area contributed by atoms with Gasteiger partial charge in [-0.3, -0.25) is 4.90 Å². The molecular formula is C31H36N2O3. The van der Waals surface area contributed by atoms with E-state index in [1.807, 2.05) is 36.4 Å². The average molecular weight is 485 g/mol. The van der Waals surface area contributed by atoms with Gasteiger partial charge in [0.05, 0.1) is 5.56 Å². The number of likely N-dealkylation sites (tertiary alicyclic amines) is 1. The predicted octanol–water partition coefficient (Wildman–Crippen LogP) is 6.00. The predicted molar refractivity (Wildman–Crippen MR) is 146 cm³/mol. The van der Waals surface area contributed by atoms with Crippen LogP contribution in [-0.4, -0.2) is 54.3 Å². The van der Waals surface area contributed by atoms with Crippen LogP contribution < -0.4 is 10.1 Å². The van der Waals surface area contributed by atoms with Gasteiger partial charge < -0.3 is 15.2 Å². The first kappa shape index (κ1) is 24.5.